The van der Waals surface area contributed by atoms with E-state index in [1.165, 1.54) is 14.2 Å². The predicted octanol–water partition coefficient (Wildman–Crippen LogP) is 2.73. The Hall–Kier alpha value is -3.22. The number of hydrazone groups is 1. The average Bonchev–Trinajstić information content (AvgIpc) is 2.98. The van der Waals surface area contributed by atoms with Gasteiger partial charge in [-0.15, -0.1) is 0 Å². The molecule has 1 aromatic heterocycles. The van der Waals surface area contributed by atoms with E-state index in [0.29, 0.717) is 23.0 Å². The van der Waals surface area contributed by atoms with E-state index in [0.717, 1.165) is 11.0 Å². The van der Waals surface area contributed by atoms with Crippen LogP contribution in [-0.4, -0.2) is 35.5 Å². The average molecular weight is 312 g/mol. The Balaban J connectivity index is 1.79. The zero-order valence-electron chi connectivity index (χ0n) is 12.7. The highest BCUT2D eigenvalue weighted by Crippen LogP contribution is 2.36. The van der Waals surface area contributed by atoms with Gasteiger partial charge in [-0.1, -0.05) is 12.1 Å². The summed E-state index contributed by atoms with van der Waals surface area (Å²) in [6.07, 6.45) is 1.58. The van der Waals surface area contributed by atoms with Gasteiger partial charge in [0.1, 0.15) is 0 Å². The summed E-state index contributed by atoms with van der Waals surface area (Å²) >= 11 is 0. The first-order chi connectivity index (χ1) is 11.2. The molecule has 3 N–H and O–H groups in total. The van der Waals surface area contributed by atoms with Gasteiger partial charge in [-0.25, -0.2) is 10.4 Å². The lowest BCUT2D eigenvalue weighted by Crippen LogP contribution is -1.95. The number of aromatic amines is 1. The van der Waals surface area contributed by atoms with Crippen LogP contribution in [0, 0.1) is 0 Å². The lowest BCUT2D eigenvalue weighted by Gasteiger charge is -2.09. The van der Waals surface area contributed by atoms with Crippen molar-refractivity contribution >= 4 is 23.2 Å². The minimum Gasteiger partial charge on any atom is -0.502 e. The number of ether oxygens (including phenoxy) is 2. The predicted molar refractivity (Wildman–Crippen MR) is 88.5 cm³/mol. The van der Waals surface area contributed by atoms with Crippen LogP contribution in [0.2, 0.25) is 0 Å². The maximum atomic E-state index is 9.87. The molecule has 3 rings (SSSR count). The molecule has 23 heavy (non-hydrogen) atoms. The van der Waals surface area contributed by atoms with Gasteiger partial charge in [0.2, 0.25) is 11.7 Å². The van der Waals surface area contributed by atoms with Crippen molar-refractivity contribution in [3.05, 3.63) is 42.0 Å². The van der Waals surface area contributed by atoms with Gasteiger partial charge in [-0.2, -0.15) is 5.10 Å². The number of imidazole rings is 1. The smallest absolute Gasteiger partial charge is 0.222 e. The molecule has 0 unspecified atom stereocenters. The molecule has 0 saturated carbocycles. The number of para-hydroxylation sites is 2. The molecule has 0 aliphatic heterocycles. The van der Waals surface area contributed by atoms with Crippen molar-refractivity contribution in [3.8, 4) is 17.2 Å². The van der Waals surface area contributed by atoms with Crippen LogP contribution in [0.15, 0.2) is 41.5 Å². The zero-order chi connectivity index (χ0) is 16.2. The lowest BCUT2D eigenvalue weighted by atomic mass is 10.2. The number of nitrogens with zero attached hydrogens (tertiary/aromatic N) is 2. The van der Waals surface area contributed by atoms with Gasteiger partial charge >= 0.3 is 0 Å². The third kappa shape index (κ3) is 3.03. The summed E-state index contributed by atoms with van der Waals surface area (Å²) in [5, 5.41) is 14.0. The molecule has 0 amide bonds. The summed E-state index contributed by atoms with van der Waals surface area (Å²) in [7, 11) is 2.95. The Bertz CT molecular complexity index is 799. The van der Waals surface area contributed by atoms with E-state index in [1.54, 1.807) is 18.3 Å². The number of H-pyrrole nitrogens is 1. The Morgan fingerprint density at radius 2 is 1.87 bits per heavy atom. The lowest BCUT2D eigenvalue weighted by molar-refractivity contribution is 0.340. The number of hydrogen-bond acceptors (Lipinski definition) is 6. The van der Waals surface area contributed by atoms with Gasteiger partial charge in [-0.05, 0) is 24.3 Å². The Morgan fingerprint density at radius 1 is 1.17 bits per heavy atom. The molecule has 0 fully saturated rings. The molecule has 0 saturated heterocycles. The highest BCUT2D eigenvalue weighted by atomic mass is 16.5. The topological polar surface area (TPSA) is 91.8 Å². The molecule has 7 nitrogen and oxygen atoms in total. The largest absolute Gasteiger partial charge is 0.502 e. The summed E-state index contributed by atoms with van der Waals surface area (Å²) in [6.45, 7) is 0. The second kappa shape index (κ2) is 6.27. The summed E-state index contributed by atoms with van der Waals surface area (Å²) in [5.74, 6) is 1.13. The van der Waals surface area contributed by atoms with Crippen LogP contribution < -0.4 is 14.9 Å². The van der Waals surface area contributed by atoms with E-state index in [2.05, 4.69) is 20.5 Å². The Labute approximate surface area is 132 Å². The van der Waals surface area contributed by atoms with E-state index >= 15 is 0 Å². The number of methoxy groups -OCH3 is 2. The summed E-state index contributed by atoms with van der Waals surface area (Å²) in [4.78, 5) is 7.47. The van der Waals surface area contributed by atoms with Crippen molar-refractivity contribution in [3.63, 3.8) is 0 Å². The molecule has 0 radical (unpaired) electrons. The maximum absolute atomic E-state index is 9.87. The molecule has 2 aromatic carbocycles. The first kappa shape index (κ1) is 14.7. The Morgan fingerprint density at radius 3 is 2.52 bits per heavy atom. The van der Waals surface area contributed by atoms with Crippen LogP contribution in [0.1, 0.15) is 5.56 Å². The third-order valence-electron chi connectivity index (χ3n) is 3.28. The highest BCUT2D eigenvalue weighted by molar-refractivity contribution is 5.83. The second-order valence-electron chi connectivity index (χ2n) is 4.75. The number of anilines is 1. The van der Waals surface area contributed by atoms with E-state index in [4.69, 9.17) is 9.47 Å². The molecule has 0 atom stereocenters. The number of nitrogens with one attached hydrogen (secondary N) is 2. The summed E-state index contributed by atoms with van der Waals surface area (Å²) in [6, 6.07) is 11.0. The number of hydrogen-bond donors (Lipinski definition) is 3. The Kier molecular flexibility index (Phi) is 4.01. The van der Waals surface area contributed by atoms with Crippen LogP contribution >= 0.6 is 0 Å². The van der Waals surface area contributed by atoms with Gasteiger partial charge in [-0.3, -0.25) is 0 Å². The standard InChI is InChI=1S/C16H16N4O3/c1-22-13-7-10(8-14(23-2)15(13)21)9-17-20-16-18-11-5-3-4-6-12(11)19-16/h3-9,21H,1-2H3,(H2,18,19,20)/b17-9+. The first-order valence-corrected chi connectivity index (χ1v) is 6.90. The molecule has 0 bridgehead atoms. The number of phenols is 1. The quantitative estimate of drug-likeness (QED) is 0.498. The van der Waals surface area contributed by atoms with Gasteiger partial charge in [0.05, 0.1) is 31.5 Å². The number of phenolic OH excluding ortho intramolecular Hbond substituents is 1. The van der Waals surface area contributed by atoms with Crippen LogP contribution in [0.5, 0.6) is 17.2 Å². The molecule has 0 aliphatic rings. The molecular weight excluding hydrogens is 296 g/mol. The van der Waals surface area contributed by atoms with Crippen LogP contribution in [-0.2, 0) is 0 Å². The van der Waals surface area contributed by atoms with Crippen molar-refractivity contribution < 1.29 is 14.6 Å². The van der Waals surface area contributed by atoms with E-state index in [9.17, 15) is 5.11 Å². The van der Waals surface area contributed by atoms with E-state index in [1.807, 2.05) is 24.3 Å². The van der Waals surface area contributed by atoms with Gasteiger partial charge in [0.25, 0.3) is 0 Å². The fraction of sp³-hybridized carbons (Fsp3) is 0.125. The third-order valence-corrected chi connectivity index (χ3v) is 3.28. The van der Waals surface area contributed by atoms with Crippen LogP contribution in [0.25, 0.3) is 11.0 Å². The number of fused-ring (bicyclic) bond motifs is 1. The molecular formula is C16H16N4O3. The number of aromatic hydroxyl groups is 1. The van der Waals surface area contributed by atoms with Gasteiger partial charge in [0.15, 0.2) is 11.5 Å². The SMILES string of the molecule is COc1cc(/C=N/Nc2nc3ccccc3[nH]2)cc(OC)c1O. The fourth-order valence-electron chi connectivity index (χ4n) is 2.16. The second-order valence-corrected chi connectivity index (χ2v) is 4.75. The van der Waals surface area contributed by atoms with Gasteiger partial charge < -0.3 is 19.6 Å². The van der Waals surface area contributed by atoms with Crippen LogP contribution in [0.3, 0.4) is 0 Å². The highest BCUT2D eigenvalue weighted by Gasteiger charge is 2.10. The minimum atomic E-state index is -0.0441. The number of benzene rings is 2. The summed E-state index contributed by atoms with van der Waals surface area (Å²) < 4.78 is 10.2. The van der Waals surface area contributed by atoms with Crippen molar-refractivity contribution in [2.45, 2.75) is 0 Å². The fourth-order valence-corrected chi connectivity index (χ4v) is 2.16. The summed E-state index contributed by atoms with van der Waals surface area (Å²) in [5.41, 5.74) is 5.33. The number of aromatic nitrogens is 2. The van der Waals surface area contributed by atoms with Crippen LogP contribution in [0.4, 0.5) is 5.95 Å². The zero-order valence-corrected chi connectivity index (χ0v) is 12.7. The minimum absolute atomic E-state index is 0.0441. The van der Waals surface area contributed by atoms with E-state index in [-0.39, 0.29) is 5.75 Å². The first-order valence-electron chi connectivity index (χ1n) is 6.90. The van der Waals surface area contributed by atoms with Crippen molar-refractivity contribution in [1.82, 2.24) is 9.97 Å². The van der Waals surface area contributed by atoms with Crippen molar-refractivity contribution in [2.24, 2.45) is 5.10 Å². The molecule has 7 heteroatoms. The monoisotopic (exact) mass is 312 g/mol. The molecule has 118 valence electrons. The normalized spacial score (nSPS) is 11.0. The maximum Gasteiger partial charge on any atom is 0.222 e. The molecule has 0 spiro atoms. The molecule has 1 heterocycles. The molecule has 3 aromatic rings. The number of rotatable bonds is 5. The van der Waals surface area contributed by atoms with Gasteiger partial charge in [0, 0.05) is 5.56 Å². The molecule has 0 aliphatic carbocycles. The van der Waals surface area contributed by atoms with E-state index < -0.39 is 0 Å². The van der Waals surface area contributed by atoms with Crippen molar-refractivity contribution in [2.75, 3.05) is 19.6 Å². The van der Waals surface area contributed by atoms with Crippen molar-refractivity contribution in [1.29, 1.82) is 0 Å².